The topological polar surface area (TPSA) is 55.2 Å². The number of aromatic nitrogens is 2. The summed E-state index contributed by atoms with van der Waals surface area (Å²) in [6.07, 6.45) is 9.81. The third-order valence-electron chi connectivity index (χ3n) is 6.04. The van der Waals surface area contributed by atoms with Crippen molar-refractivity contribution in [1.82, 2.24) is 14.7 Å². The van der Waals surface area contributed by atoms with Crippen molar-refractivity contribution in [3.8, 4) is 0 Å². The normalized spacial score (nSPS) is 31.5. The quantitative estimate of drug-likeness (QED) is 0.849. The van der Waals surface area contributed by atoms with Gasteiger partial charge in [0.05, 0.1) is 16.2 Å². The molecule has 3 aliphatic rings. The van der Waals surface area contributed by atoms with Crippen LogP contribution in [0, 0.1) is 0 Å². The third-order valence-corrected chi connectivity index (χ3v) is 8.76. The van der Waals surface area contributed by atoms with Gasteiger partial charge in [0.1, 0.15) is 0 Å². The van der Waals surface area contributed by atoms with Crippen LogP contribution in [0.15, 0.2) is 6.20 Å². The van der Waals surface area contributed by atoms with Gasteiger partial charge in [-0.15, -0.1) is 0 Å². The molecule has 2 aliphatic heterocycles. The summed E-state index contributed by atoms with van der Waals surface area (Å²) in [5.74, 6) is 0.610. The van der Waals surface area contributed by atoms with Gasteiger partial charge < -0.3 is 0 Å². The molecule has 4 rings (SSSR count). The maximum absolute atomic E-state index is 12.4. The second-order valence-corrected chi connectivity index (χ2v) is 10.1. The molecule has 0 amide bonds. The molecule has 0 radical (unpaired) electrons. The summed E-state index contributed by atoms with van der Waals surface area (Å²) in [6, 6.07) is 0. The van der Waals surface area contributed by atoms with E-state index in [1.807, 2.05) is 11.7 Å². The highest BCUT2D eigenvalue weighted by Crippen LogP contribution is 2.36. The third kappa shape index (κ3) is 2.84. The minimum atomic E-state index is -2.87. The van der Waals surface area contributed by atoms with Crippen molar-refractivity contribution in [2.75, 3.05) is 13.1 Å². The Hall–Kier alpha value is -0.880. The number of fused-ring (bicyclic) bond motifs is 2. The van der Waals surface area contributed by atoms with E-state index in [-0.39, 0.29) is 10.5 Å². The van der Waals surface area contributed by atoms with E-state index in [0.717, 1.165) is 32.4 Å². The highest BCUT2D eigenvalue weighted by Gasteiger charge is 2.43. The molecule has 0 aromatic carbocycles. The van der Waals surface area contributed by atoms with E-state index in [4.69, 9.17) is 5.10 Å². The van der Waals surface area contributed by atoms with Crippen LogP contribution in [0.3, 0.4) is 0 Å². The van der Waals surface area contributed by atoms with Gasteiger partial charge in [0, 0.05) is 37.8 Å². The molecule has 0 N–H and O–H groups in total. The zero-order chi connectivity index (χ0) is 16.0. The number of aryl methyl sites for hydroxylation is 1. The van der Waals surface area contributed by atoms with Crippen LogP contribution in [0.4, 0.5) is 0 Å². The average Bonchev–Trinajstić information content (AvgIpc) is 3.14. The summed E-state index contributed by atoms with van der Waals surface area (Å²) in [5, 5.41) is 4.51. The number of rotatable bonds is 3. The van der Waals surface area contributed by atoms with Gasteiger partial charge in [0.25, 0.3) is 0 Å². The first-order chi connectivity index (χ1) is 11.0. The lowest BCUT2D eigenvalue weighted by molar-refractivity contribution is 0.253. The number of hydrogen-bond acceptors (Lipinski definition) is 4. The van der Waals surface area contributed by atoms with E-state index in [2.05, 4.69) is 11.1 Å². The molecule has 1 aromatic heterocycles. The Balaban J connectivity index is 1.52. The van der Waals surface area contributed by atoms with E-state index in [0.29, 0.717) is 12.5 Å². The van der Waals surface area contributed by atoms with Crippen LogP contribution in [0.2, 0.25) is 0 Å². The summed E-state index contributed by atoms with van der Waals surface area (Å²) in [6.45, 7) is 2.47. The fraction of sp³-hybridized carbons (Fsp3) is 0.824. The minimum Gasteiger partial charge on any atom is -0.298 e. The van der Waals surface area contributed by atoms with Gasteiger partial charge in [-0.3, -0.25) is 9.58 Å². The first-order valence-corrected chi connectivity index (χ1v) is 10.6. The van der Waals surface area contributed by atoms with Gasteiger partial charge in [0.2, 0.25) is 0 Å². The van der Waals surface area contributed by atoms with Gasteiger partial charge in [0.15, 0.2) is 9.84 Å². The summed E-state index contributed by atoms with van der Waals surface area (Å²) in [4.78, 5) is 2.36. The highest BCUT2D eigenvalue weighted by molar-refractivity contribution is 7.93. The molecule has 128 valence electrons. The smallest absolute Gasteiger partial charge is 0.157 e. The van der Waals surface area contributed by atoms with Crippen LogP contribution in [0.5, 0.6) is 0 Å². The molecule has 23 heavy (non-hydrogen) atoms. The van der Waals surface area contributed by atoms with E-state index >= 15 is 0 Å². The first kappa shape index (κ1) is 15.6. The predicted octanol–water partition coefficient (Wildman–Crippen LogP) is 2.23. The maximum Gasteiger partial charge on any atom is 0.157 e. The summed E-state index contributed by atoms with van der Waals surface area (Å²) in [5.41, 5.74) is 2.58. The van der Waals surface area contributed by atoms with Gasteiger partial charge in [-0.05, 0) is 38.6 Å². The van der Waals surface area contributed by atoms with Crippen molar-refractivity contribution in [2.24, 2.45) is 7.05 Å². The predicted molar refractivity (Wildman–Crippen MR) is 90.0 cm³/mol. The van der Waals surface area contributed by atoms with Crippen LogP contribution in [-0.4, -0.2) is 46.7 Å². The fourth-order valence-electron chi connectivity index (χ4n) is 4.79. The Morgan fingerprint density at radius 3 is 2.65 bits per heavy atom. The van der Waals surface area contributed by atoms with E-state index in [9.17, 15) is 8.42 Å². The first-order valence-electron chi connectivity index (χ1n) is 9.01. The molecule has 1 aliphatic carbocycles. The summed E-state index contributed by atoms with van der Waals surface area (Å²) < 4.78 is 26.8. The lowest BCUT2D eigenvalue weighted by Crippen LogP contribution is -2.32. The minimum absolute atomic E-state index is 0.0827. The van der Waals surface area contributed by atoms with Gasteiger partial charge in [-0.2, -0.15) is 5.10 Å². The molecule has 5 nitrogen and oxygen atoms in total. The maximum atomic E-state index is 12.4. The molecular weight excluding hydrogens is 310 g/mol. The van der Waals surface area contributed by atoms with Crippen LogP contribution >= 0.6 is 0 Å². The van der Waals surface area contributed by atoms with Gasteiger partial charge in [-0.1, -0.05) is 12.8 Å². The highest BCUT2D eigenvalue weighted by atomic mass is 32.2. The van der Waals surface area contributed by atoms with Crippen LogP contribution in [0.25, 0.3) is 0 Å². The van der Waals surface area contributed by atoms with Crippen molar-refractivity contribution in [3.05, 3.63) is 17.5 Å². The van der Waals surface area contributed by atoms with E-state index < -0.39 is 9.84 Å². The Bertz CT molecular complexity index is 676. The average molecular weight is 337 g/mol. The zero-order valence-corrected chi connectivity index (χ0v) is 14.8. The van der Waals surface area contributed by atoms with Gasteiger partial charge in [-0.25, -0.2) is 8.42 Å². The number of likely N-dealkylation sites (tertiary alicyclic amines) is 1. The van der Waals surface area contributed by atoms with E-state index in [1.54, 1.807) is 0 Å². The molecule has 2 bridgehead atoms. The molecule has 2 atom stereocenters. The van der Waals surface area contributed by atoms with Crippen molar-refractivity contribution in [2.45, 2.75) is 67.9 Å². The van der Waals surface area contributed by atoms with Crippen LogP contribution in [0.1, 0.15) is 62.1 Å². The Morgan fingerprint density at radius 2 is 1.87 bits per heavy atom. The molecule has 1 saturated carbocycles. The van der Waals surface area contributed by atoms with Crippen molar-refractivity contribution >= 4 is 9.84 Å². The lowest BCUT2D eigenvalue weighted by atomic mass is 10.00. The number of hydrogen-bond donors (Lipinski definition) is 0. The Morgan fingerprint density at radius 1 is 1.13 bits per heavy atom. The number of nitrogens with zero attached hydrogens (tertiary/aromatic N) is 3. The molecule has 3 fully saturated rings. The molecule has 1 aromatic rings. The Labute approximate surface area is 139 Å². The van der Waals surface area contributed by atoms with Crippen molar-refractivity contribution in [3.63, 3.8) is 0 Å². The second kappa shape index (κ2) is 5.88. The Kier molecular flexibility index (Phi) is 4.00. The fourth-order valence-corrected chi connectivity index (χ4v) is 7.11. The molecule has 2 saturated heterocycles. The summed E-state index contributed by atoms with van der Waals surface area (Å²) >= 11 is 0. The zero-order valence-electron chi connectivity index (χ0n) is 13.9. The largest absolute Gasteiger partial charge is 0.298 e. The summed E-state index contributed by atoms with van der Waals surface area (Å²) in [7, 11) is -0.877. The van der Waals surface area contributed by atoms with Crippen LogP contribution < -0.4 is 0 Å². The van der Waals surface area contributed by atoms with Crippen molar-refractivity contribution < 1.29 is 8.42 Å². The molecular formula is C17H27N3O2S. The molecule has 6 heteroatoms. The van der Waals surface area contributed by atoms with E-state index in [1.165, 1.54) is 36.9 Å². The molecule has 0 spiro atoms. The molecule has 2 unspecified atom stereocenters. The monoisotopic (exact) mass is 337 g/mol. The van der Waals surface area contributed by atoms with Crippen LogP contribution in [-0.2, 0) is 23.4 Å². The SMILES string of the molecule is Cn1cc(CN2CCC3CCC(C2)S3(=O)=O)c(C2CCCC2)n1. The lowest BCUT2D eigenvalue weighted by Gasteiger charge is -2.23. The second-order valence-electron chi connectivity index (χ2n) is 7.63. The number of sulfone groups is 1. The van der Waals surface area contributed by atoms with Gasteiger partial charge >= 0.3 is 0 Å². The molecule has 3 heterocycles. The van der Waals surface area contributed by atoms with Crippen molar-refractivity contribution in [1.29, 1.82) is 0 Å². The standard InChI is InChI=1S/C17H27N3O2S/c1-19-10-14(17(18-19)13-4-2-3-5-13)11-20-9-8-15-6-7-16(12-20)23(15,21)22/h10,13,15-16H,2-9,11-12H2,1H3.